The highest BCUT2D eigenvalue weighted by Gasteiger charge is 2.59. The van der Waals surface area contributed by atoms with Crippen LogP contribution < -0.4 is 0 Å². The molecule has 0 spiro atoms. The normalized spacial score (nSPS) is 40.0. The third-order valence-electron chi connectivity index (χ3n) is 6.09. The fourth-order valence-electron chi connectivity index (χ4n) is 4.15. The van der Waals surface area contributed by atoms with Crippen LogP contribution in [0.3, 0.4) is 0 Å². The SMILES string of the molecule is C=C1C(=O)O[C@H]2[C@H]1C[C@@H]1O[C@@]1(COC(C)=O)CC/C=C(\C)CC/C=C(\C)[C@@H]2O. The van der Waals surface area contributed by atoms with E-state index in [-0.39, 0.29) is 24.6 Å². The summed E-state index contributed by atoms with van der Waals surface area (Å²) in [7, 11) is 0. The van der Waals surface area contributed by atoms with Crippen molar-refractivity contribution in [3.05, 3.63) is 35.5 Å². The molecule has 0 bridgehead atoms. The van der Waals surface area contributed by atoms with Crippen LogP contribution in [0.5, 0.6) is 0 Å². The van der Waals surface area contributed by atoms with Gasteiger partial charge in [-0.3, -0.25) is 4.79 Å². The van der Waals surface area contributed by atoms with Crippen molar-refractivity contribution in [2.75, 3.05) is 6.61 Å². The maximum absolute atomic E-state index is 12.1. The van der Waals surface area contributed by atoms with E-state index in [0.717, 1.165) is 31.3 Å². The number of hydrogen-bond acceptors (Lipinski definition) is 6. The Morgan fingerprint density at radius 3 is 2.82 bits per heavy atom. The minimum Gasteiger partial charge on any atom is -0.463 e. The summed E-state index contributed by atoms with van der Waals surface area (Å²) in [6.07, 6.45) is 6.29. The molecule has 5 atom stereocenters. The van der Waals surface area contributed by atoms with Gasteiger partial charge in [0.15, 0.2) is 0 Å². The number of ether oxygens (including phenoxy) is 3. The number of carbonyl (C=O) groups is 2. The van der Waals surface area contributed by atoms with Crippen molar-refractivity contribution < 1.29 is 28.9 Å². The molecule has 0 amide bonds. The summed E-state index contributed by atoms with van der Waals surface area (Å²) in [5.74, 6) is -1.13. The summed E-state index contributed by atoms with van der Waals surface area (Å²) in [4.78, 5) is 23.4. The van der Waals surface area contributed by atoms with Gasteiger partial charge in [-0.15, -0.1) is 0 Å². The highest BCUT2D eigenvalue weighted by Crippen LogP contribution is 2.48. The van der Waals surface area contributed by atoms with Gasteiger partial charge in [-0.25, -0.2) is 4.79 Å². The number of carbonyl (C=O) groups excluding carboxylic acids is 2. The van der Waals surface area contributed by atoms with Crippen LogP contribution in [0.2, 0.25) is 0 Å². The molecule has 0 aromatic rings. The van der Waals surface area contributed by atoms with E-state index in [2.05, 4.69) is 19.6 Å². The van der Waals surface area contributed by atoms with Gasteiger partial charge in [0.05, 0.1) is 6.10 Å². The summed E-state index contributed by atoms with van der Waals surface area (Å²) in [6, 6.07) is 0. The van der Waals surface area contributed by atoms with Crippen LogP contribution in [0.25, 0.3) is 0 Å². The Bertz CT molecular complexity index is 721. The fraction of sp³-hybridized carbons (Fsp3) is 0.636. The van der Waals surface area contributed by atoms with Gasteiger partial charge >= 0.3 is 11.9 Å². The van der Waals surface area contributed by atoms with E-state index in [1.807, 2.05) is 13.0 Å². The smallest absolute Gasteiger partial charge is 0.334 e. The molecule has 3 rings (SSSR count). The second-order valence-electron chi connectivity index (χ2n) is 8.21. The number of hydrogen-bond donors (Lipinski definition) is 1. The molecule has 2 aliphatic heterocycles. The molecule has 0 saturated carbocycles. The summed E-state index contributed by atoms with van der Waals surface area (Å²) >= 11 is 0. The van der Waals surface area contributed by atoms with E-state index >= 15 is 0 Å². The van der Waals surface area contributed by atoms with Gasteiger partial charge in [0.25, 0.3) is 0 Å². The average molecular weight is 390 g/mol. The average Bonchev–Trinajstić information content (AvgIpc) is 3.25. The lowest BCUT2D eigenvalue weighted by molar-refractivity contribution is -0.143. The largest absolute Gasteiger partial charge is 0.463 e. The second-order valence-corrected chi connectivity index (χ2v) is 8.21. The molecule has 2 fully saturated rings. The molecule has 28 heavy (non-hydrogen) atoms. The first-order valence-electron chi connectivity index (χ1n) is 9.95. The molecule has 0 unspecified atom stereocenters. The third kappa shape index (κ3) is 4.39. The Morgan fingerprint density at radius 2 is 2.11 bits per heavy atom. The van der Waals surface area contributed by atoms with Crippen LogP contribution in [-0.4, -0.2) is 47.6 Å². The second kappa shape index (κ2) is 8.21. The molecule has 154 valence electrons. The molecular formula is C22H30O6. The predicted molar refractivity (Wildman–Crippen MR) is 103 cm³/mol. The number of allylic oxidation sites excluding steroid dienone is 3. The minimum atomic E-state index is -0.873. The van der Waals surface area contributed by atoms with Crippen molar-refractivity contribution >= 4 is 11.9 Å². The molecule has 6 heteroatoms. The fourth-order valence-corrected chi connectivity index (χ4v) is 4.15. The van der Waals surface area contributed by atoms with E-state index in [0.29, 0.717) is 12.0 Å². The van der Waals surface area contributed by atoms with Crippen molar-refractivity contribution in [3.8, 4) is 0 Å². The summed E-state index contributed by atoms with van der Waals surface area (Å²) < 4.78 is 16.7. The summed E-state index contributed by atoms with van der Waals surface area (Å²) in [5, 5.41) is 10.8. The van der Waals surface area contributed by atoms with Crippen LogP contribution in [0.4, 0.5) is 0 Å². The lowest BCUT2D eigenvalue weighted by Gasteiger charge is -2.24. The zero-order valence-corrected chi connectivity index (χ0v) is 16.9. The van der Waals surface area contributed by atoms with Gasteiger partial charge in [0, 0.05) is 18.4 Å². The summed E-state index contributed by atoms with van der Waals surface area (Å²) in [5.41, 5.74) is 1.90. The molecular weight excluding hydrogens is 360 g/mol. The van der Waals surface area contributed by atoms with Crippen molar-refractivity contribution in [1.82, 2.24) is 0 Å². The van der Waals surface area contributed by atoms with Gasteiger partial charge < -0.3 is 19.3 Å². The molecule has 6 nitrogen and oxygen atoms in total. The predicted octanol–water partition coefficient (Wildman–Crippen LogP) is 3.00. The Balaban J connectivity index is 1.85. The van der Waals surface area contributed by atoms with Crippen molar-refractivity contribution in [1.29, 1.82) is 0 Å². The van der Waals surface area contributed by atoms with E-state index in [4.69, 9.17) is 14.2 Å². The molecule has 1 aliphatic carbocycles. The molecule has 3 aliphatic rings. The molecule has 1 N–H and O–H groups in total. The number of esters is 2. The number of aliphatic hydroxyl groups excluding tert-OH is 1. The third-order valence-corrected chi connectivity index (χ3v) is 6.09. The molecule has 0 aromatic carbocycles. The quantitative estimate of drug-likeness (QED) is 0.338. The Kier molecular flexibility index (Phi) is 6.10. The number of epoxide rings is 1. The maximum Gasteiger partial charge on any atom is 0.334 e. The van der Waals surface area contributed by atoms with Crippen LogP contribution >= 0.6 is 0 Å². The first-order valence-corrected chi connectivity index (χ1v) is 9.95. The van der Waals surface area contributed by atoms with E-state index < -0.39 is 23.8 Å². The van der Waals surface area contributed by atoms with E-state index in [9.17, 15) is 14.7 Å². The summed E-state index contributed by atoms with van der Waals surface area (Å²) in [6.45, 7) is 9.42. The maximum atomic E-state index is 12.1. The van der Waals surface area contributed by atoms with E-state index in [1.54, 1.807) is 0 Å². The van der Waals surface area contributed by atoms with Crippen LogP contribution in [-0.2, 0) is 23.8 Å². The van der Waals surface area contributed by atoms with E-state index in [1.165, 1.54) is 12.5 Å². The molecule has 2 saturated heterocycles. The molecule has 2 heterocycles. The van der Waals surface area contributed by atoms with Gasteiger partial charge in [-0.1, -0.05) is 24.3 Å². The first kappa shape index (κ1) is 20.8. The van der Waals surface area contributed by atoms with Crippen molar-refractivity contribution in [2.24, 2.45) is 5.92 Å². The van der Waals surface area contributed by atoms with Crippen LogP contribution in [0.1, 0.15) is 52.9 Å². The Labute approximate surface area is 166 Å². The highest BCUT2D eigenvalue weighted by molar-refractivity contribution is 5.91. The van der Waals surface area contributed by atoms with Gasteiger partial charge in [0.2, 0.25) is 0 Å². The lowest BCUT2D eigenvalue weighted by Crippen LogP contribution is -2.34. The monoisotopic (exact) mass is 390 g/mol. The zero-order valence-electron chi connectivity index (χ0n) is 16.9. The lowest BCUT2D eigenvalue weighted by atomic mass is 9.84. The standard InChI is InChI=1S/C22H30O6/c1-13-7-5-9-14(2)19(24)20-17(15(3)21(25)27-20)11-18-22(28-18,10-6-8-13)12-26-16(4)23/h8-9,17-20,24H,3,5-7,10-12H2,1-2,4H3/b13-8+,14-9+/t17-,18-,19-,20-,22+/m0/s1. The number of fused-ring (bicyclic) bond motifs is 2. The van der Waals surface area contributed by atoms with Crippen LogP contribution in [0.15, 0.2) is 35.5 Å². The van der Waals surface area contributed by atoms with Gasteiger partial charge in [0.1, 0.15) is 24.4 Å². The molecule has 0 radical (unpaired) electrons. The topological polar surface area (TPSA) is 85.4 Å². The Morgan fingerprint density at radius 1 is 1.36 bits per heavy atom. The van der Waals surface area contributed by atoms with Crippen LogP contribution in [0, 0.1) is 5.92 Å². The van der Waals surface area contributed by atoms with Gasteiger partial charge in [-0.05, 0) is 51.5 Å². The zero-order chi connectivity index (χ0) is 20.5. The first-order chi connectivity index (χ1) is 13.2. The minimum absolute atomic E-state index is 0.168. The van der Waals surface area contributed by atoms with Gasteiger partial charge in [-0.2, -0.15) is 0 Å². The molecule has 0 aromatic heterocycles. The number of aliphatic hydroxyl groups is 1. The highest BCUT2D eigenvalue weighted by atomic mass is 16.6. The van der Waals surface area contributed by atoms with Crippen molar-refractivity contribution in [3.63, 3.8) is 0 Å². The van der Waals surface area contributed by atoms with Crippen molar-refractivity contribution in [2.45, 2.75) is 76.8 Å². The number of rotatable bonds is 2. The Hall–Kier alpha value is -1.92.